The van der Waals surface area contributed by atoms with Crippen LogP contribution in [-0.2, 0) is 28.6 Å². The lowest BCUT2D eigenvalue weighted by Crippen LogP contribution is -2.75. The average Bonchev–Trinajstić information content (AvgIpc) is 3.34. The monoisotopic (exact) mass is 488 g/mol. The van der Waals surface area contributed by atoms with Crippen LogP contribution in [0, 0.1) is 28.1 Å². The van der Waals surface area contributed by atoms with Crippen LogP contribution in [0.4, 0.5) is 0 Å². The number of fused-ring (bicyclic) bond motifs is 3. The second-order valence-corrected chi connectivity index (χ2v) is 12.3. The summed E-state index contributed by atoms with van der Waals surface area (Å²) < 4.78 is 23.0. The number of ether oxygens (including phenoxy) is 3. The number of cyclic esters (lactones) is 2. The van der Waals surface area contributed by atoms with E-state index in [4.69, 9.17) is 18.6 Å². The molecule has 4 heterocycles. The van der Waals surface area contributed by atoms with Gasteiger partial charge < -0.3 is 28.8 Å². The minimum Gasteiger partial charge on any atom is -0.472 e. The highest BCUT2D eigenvalue weighted by Gasteiger charge is 2.90. The minimum absolute atomic E-state index is 0.0207. The number of carbonyl (C=O) groups is 3. The largest absolute Gasteiger partial charge is 0.472 e. The van der Waals surface area contributed by atoms with Gasteiger partial charge in [-0.3, -0.25) is 9.59 Å². The van der Waals surface area contributed by atoms with Gasteiger partial charge in [-0.2, -0.15) is 0 Å². The SMILES string of the molecule is CC1(C)OC(=O)C[C@@H](O)[C@@]2(C)[C@H]3[C@H](O)C[C@@]4(C)[C@@H](c5ccoc5)OC(=O)[C@@H]5O[C@@]54[C@]3(C)C(=O)C[C@@H]12. The van der Waals surface area contributed by atoms with Crippen LogP contribution in [0.25, 0.3) is 0 Å². The molecular weight excluding hydrogens is 456 g/mol. The lowest BCUT2D eigenvalue weighted by Gasteiger charge is -2.67. The van der Waals surface area contributed by atoms with Crippen LogP contribution in [0.3, 0.4) is 0 Å². The Hall–Kier alpha value is -2.23. The van der Waals surface area contributed by atoms with E-state index in [-0.39, 0.29) is 25.0 Å². The van der Waals surface area contributed by atoms with E-state index in [1.807, 2.05) is 13.8 Å². The maximum atomic E-state index is 14.2. The first-order valence-corrected chi connectivity index (χ1v) is 12.3. The number of Topliss-reactive ketones (excluding diaryl/α,β-unsaturated/α-hetero) is 1. The van der Waals surface area contributed by atoms with Gasteiger partial charge in [0.05, 0.1) is 36.6 Å². The van der Waals surface area contributed by atoms with Gasteiger partial charge in [0, 0.05) is 34.7 Å². The number of esters is 2. The number of aliphatic hydroxyl groups excluding tert-OH is 2. The molecule has 6 rings (SSSR count). The molecule has 3 saturated heterocycles. The molecule has 0 aromatic carbocycles. The number of rotatable bonds is 1. The van der Waals surface area contributed by atoms with Crippen LogP contribution in [0.5, 0.6) is 0 Å². The van der Waals surface area contributed by atoms with Gasteiger partial charge in [0.25, 0.3) is 0 Å². The van der Waals surface area contributed by atoms with E-state index in [0.717, 1.165) is 0 Å². The number of aliphatic hydroxyl groups is 2. The van der Waals surface area contributed by atoms with Crippen molar-refractivity contribution in [3.8, 4) is 0 Å². The predicted octanol–water partition coefficient (Wildman–Crippen LogP) is 2.09. The fourth-order valence-electron chi connectivity index (χ4n) is 9.05. The molecule has 190 valence electrons. The fourth-order valence-corrected chi connectivity index (χ4v) is 9.05. The second-order valence-electron chi connectivity index (χ2n) is 12.3. The first kappa shape index (κ1) is 23.2. The summed E-state index contributed by atoms with van der Waals surface area (Å²) in [4.78, 5) is 39.9. The molecule has 2 saturated carbocycles. The quantitative estimate of drug-likeness (QED) is 0.450. The lowest BCUT2D eigenvalue weighted by atomic mass is 9.36. The molecule has 0 radical (unpaired) electrons. The summed E-state index contributed by atoms with van der Waals surface area (Å²) in [6, 6.07) is 1.71. The number of hydrogen-bond donors (Lipinski definition) is 2. The molecule has 1 aromatic rings. The zero-order valence-corrected chi connectivity index (χ0v) is 20.6. The van der Waals surface area contributed by atoms with Crippen molar-refractivity contribution < 1.29 is 43.2 Å². The van der Waals surface area contributed by atoms with Crippen LogP contribution in [-0.4, -0.2) is 57.4 Å². The van der Waals surface area contributed by atoms with E-state index in [9.17, 15) is 24.6 Å². The van der Waals surface area contributed by atoms with E-state index in [1.165, 1.54) is 12.5 Å². The van der Waals surface area contributed by atoms with Crippen molar-refractivity contribution >= 4 is 17.7 Å². The van der Waals surface area contributed by atoms with E-state index < -0.39 is 75.6 Å². The van der Waals surface area contributed by atoms with Gasteiger partial charge in [0.15, 0.2) is 6.10 Å². The summed E-state index contributed by atoms with van der Waals surface area (Å²) in [6.45, 7) is 9.01. The first-order chi connectivity index (χ1) is 16.2. The standard InChI is InChI=1S/C26H32O9/c1-22(2)14-8-16(29)25(5)18(24(14,4)15(28)9-17(30)34-22)13(27)10-23(3)19(12-6-7-32-11-12)33-21(31)20-26(23,25)35-20/h6-7,11,13-15,18-20,27-28H,8-10H2,1-5H3/t13-,14+,15-,18-,19-,20+,23+,24+,25-,26+/m1/s1. The molecule has 9 heteroatoms. The van der Waals surface area contributed by atoms with Crippen molar-refractivity contribution in [2.45, 2.75) is 89.5 Å². The van der Waals surface area contributed by atoms with E-state index in [2.05, 4.69) is 0 Å². The molecule has 5 fully saturated rings. The molecule has 5 aliphatic rings. The molecule has 2 N–H and O–H groups in total. The second kappa shape index (κ2) is 6.55. The number of ketones is 1. The fraction of sp³-hybridized carbons (Fsp3) is 0.731. The topological polar surface area (TPSA) is 136 Å². The highest BCUT2D eigenvalue weighted by molar-refractivity contribution is 5.93. The number of carbonyl (C=O) groups excluding carboxylic acids is 3. The maximum absolute atomic E-state index is 14.2. The van der Waals surface area contributed by atoms with Gasteiger partial charge in [-0.25, -0.2) is 4.79 Å². The van der Waals surface area contributed by atoms with Crippen molar-refractivity contribution in [3.63, 3.8) is 0 Å². The normalized spacial score (nSPS) is 52.1. The van der Waals surface area contributed by atoms with Gasteiger partial charge in [-0.1, -0.05) is 13.8 Å². The summed E-state index contributed by atoms with van der Waals surface area (Å²) in [5.74, 6) is -2.57. The van der Waals surface area contributed by atoms with Gasteiger partial charge >= 0.3 is 11.9 Å². The van der Waals surface area contributed by atoms with Crippen LogP contribution >= 0.6 is 0 Å². The van der Waals surface area contributed by atoms with Crippen molar-refractivity contribution in [2.24, 2.45) is 28.1 Å². The van der Waals surface area contributed by atoms with Crippen molar-refractivity contribution in [1.82, 2.24) is 0 Å². The molecule has 10 atom stereocenters. The summed E-state index contributed by atoms with van der Waals surface area (Å²) in [7, 11) is 0. The Morgan fingerprint density at radius 1 is 1.00 bits per heavy atom. The van der Waals surface area contributed by atoms with Crippen molar-refractivity contribution in [3.05, 3.63) is 24.2 Å². The molecule has 1 aromatic heterocycles. The van der Waals surface area contributed by atoms with Gasteiger partial charge in [0.1, 0.15) is 23.1 Å². The van der Waals surface area contributed by atoms with Gasteiger partial charge in [-0.05, 0) is 33.3 Å². The third-order valence-corrected chi connectivity index (χ3v) is 10.4. The van der Waals surface area contributed by atoms with Crippen LogP contribution < -0.4 is 0 Å². The molecule has 0 unspecified atom stereocenters. The molecule has 0 bridgehead atoms. The Morgan fingerprint density at radius 3 is 2.37 bits per heavy atom. The molecule has 2 aliphatic carbocycles. The zero-order chi connectivity index (χ0) is 25.3. The third kappa shape index (κ3) is 2.42. The van der Waals surface area contributed by atoms with Gasteiger partial charge in [0.2, 0.25) is 0 Å². The number of hydrogen-bond acceptors (Lipinski definition) is 9. The Labute approximate surface area is 203 Å². The molecular formula is C26H32O9. The van der Waals surface area contributed by atoms with E-state index in [1.54, 1.807) is 26.8 Å². The minimum atomic E-state index is -1.32. The molecule has 35 heavy (non-hydrogen) atoms. The molecule has 0 amide bonds. The Balaban J connectivity index is 1.56. The first-order valence-electron chi connectivity index (χ1n) is 12.3. The predicted molar refractivity (Wildman–Crippen MR) is 117 cm³/mol. The summed E-state index contributed by atoms with van der Waals surface area (Å²) >= 11 is 0. The van der Waals surface area contributed by atoms with E-state index in [0.29, 0.717) is 5.56 Å². The zero-order valence-electron chi connectivity index (χ0n) is 20.6. The van der Waals surface area contributed by atoms with Crippen LogP contribution in [0.15, 0.2) is 23.0 Å². The Kier molecular flexibility index (Phi) is 4.34. The summed E-state index contributed by atoms with van der Waals surface area (Å²) in [6.07, 6.45) is -0.973. The molecule has 3 aliphatic heterocycles. The molecule has 1 spiro atoms. The van der Waals surface area contributed by atoms with E-state index >= 15 is 0 Å². The molecule has 9 nitrogen and oxygen atoms in total. The third-order valence-electron chi connectivity index (χ3n) is 10.4. The summed E-state index contributed by atoms with van der Waals surface area (Å²) in [5, 5.41) is 23.3. The van der Waals surface area contributed by atoms with Gasteiger partial charge in [-0.15, -0.1) is 0 Å². The van der Waals surface area contributed by atoms with Crippen LogP contribution in [0.1, 0.15) is 65.5 Å². The van der Waals surface area contributed by atoms with Crippen molar-refractivity contribution in [1.29, 1.82) is 0 Å². The smallest absolute Gasteiger partial charge is 0.339 e. The average molecular weight is 489 g/mol. The summed E-state index contributed by atoms with van der Waals surface area (Å²) in [5.41, 5.74) is -4.94. The van der Waals surface area contributed by atoms with Crippen LogP contribution in [0.2, 0.25) is 0 Å². The number of furan rings is 1. The van der Waals surface area contributed by atoms with Crippen molar-refractivity contribution in [2.75, 3.05) is 0 Å². The highest BCUT2D eigenvalue weighted by atomic mass is 16.7. The highest BCUT2D eigenvalue weighted by Crippen LogP contribution is 2.78. The number of epoxide rings is 1. The maximum Gasteiger partial charge on any atom is 0.339 e. The Morgan fingerprint density at radius 2 is 1.71 bits per heavy atom. The lowest BCUT2D eigenvalue weighted by molar-refractivity contribution is -0.257. The Bertz CT molecular complexity index is 1130.